The van der Waals surface area contributed by atoms with Crippen LogP contribution in [0.3, 0.4) is 0 Å². The van der Waals surface area contributed by atoms with Crippen LogP contribution in [-0.2, 0) is 11.2 Å². The Morgan fingerprint density at radius 3 is 2.76 bits per heavy atom. The van der Waals surface area contributed by atoms with E-state index < -0.39 is 5.97 Å². The van der Waals surface area contributed by atoms with E-state index in [9.17, 15) is 4.79 Å². The van der Waals surface area contributed by atoms with Crippen LogP contribution in [0.25, 0.3) is 0 Å². The average molecular weight is 234 g/mol. The Kier molecular flexibility index (Phi) is 3.71. The second-order valence-electron chi connectivity index (χ2n) is 4.73. The van der Waals surface area contributed by atoms with E-state index in [0.717, 1.165) is 29.9 Å². The third-order valence-electron chi connectivity index (χ3n) is 3.35. The summed E-state index contributed by atoms with van der Waals surface area (Å²) < 4.78 is 0. The van der Waals surface area contributed by atoms with Crippen molar-refractivity contribution in [2.24, 2.45) is 0 Å². The molecule has 0 radical (unpaired) electrons. The zero-order valence-electron chi connectivity index (χ0n) is 10.1. The van der Waals surface area contributed by atoms with Gasteiger partial charge in [0.2, 0.25) is 0 Å². The SMILES string of the molecule is Cc1ncc(CC(=O)O)c(C2CCCCC2)n1. The molecule has 0 atom stereocenters. The number of hydrogen-bond acceptors (Lipinski definition) is 3. The zero-order valence-corrected chi connectivity index (χ0v) is 10.1. The summed E-state index contributed by atoms with van der Waals surface area (Å²) in [5.41, 5.74) is 1.76. The number of hydrogen-bond donors (Lipinski definition) is 1. The number of aliphatic carboxylic acids is 1. The molecular formula is C13H18N2O2. The first kappa shape index (κ1) is 12.0. The second-order valence-corrected chi connectivity index (χ2v) is 4.73. The van der Waals surface area contributed by atoms with Crippen molar-refractivity contribution in [3.63, 3.8) is 0 Å². The summed E-state index contributed by atoms with van der Waals surface area (Å²) in [6.45, 7) is 1.86. The highest BCUT2D eigenvalue weighted by atomic mass is 16.4. The summed E-state index contributed by atoms with van der Waals surface area (Å²) in [5.74, 6) is 0.356. The minimum Gasteiger partial charge on any atom is -0.481 e. The maximum absolute atomic E-state index is 10.8. The van der Waals surface area contributed by atoms with Crippen LogP contribution in [0, 0.1) is 6.92 Å². The molecule has 92 valence electrons. The van der Waals surface area contributed by atoms with Gasteiger partial charge in [-0.3, -0.25) is 4.79 Å². The normalized spacial score (nSPS) is 17.0. The van der Waals surface area contributed by atoms with Gasteiger partial charge in [0.25, 0.3) is 0 Å². The van der Waals surface area contributed by atoms with E-state index >= 15 is 0 Å². The molecule has 17 heavy (non-hydrogen) atoms. The van der Waals surface area contributed by atoms with Crippen LogP contribution < -0.4 is 0 Å². The molecule has 0 aromatic carbocycles. The van der Waals surface area contributed by atoms with Gasteiger partial charge in [0.05, 0.1) is 12.1 Å². The predicted molar refractivity (Wildman–Crippen MR) is 63.9 cm³/mol. The molecular weight excluding hydrogens is 216 g/mol. The molecule has 0 spiro atoms. The van der Waals surface area contributed by atoms with Crippen molar-refractivity contribution >= 4 is 5.97 Å². The van der Waals surface area contributed by atoms with Crippen molar-refractivity contribution in [1.29, 1.82) is 0 Å². The first-order chi connectivity index (χ1) is 8.16. The molecule has 1 heterocycles. The number of carbonyl (C=O) groups is 1. The molecule has 4 heteroatoms. The Labute approximate surface area is 101 Å². The Balaban J connectivity index is 2.28. The number of carboxylic acid groups (broad SMARTS) is 1. The van der Waals surface area contributed by atoms with Crippen LogP contribution in [0.5, 0.6) is 0 Å². The van der Waals surface area contributed by atoms with Crippen molar-refractivity contribution in [3.8, 4) is 0 Å². The van der Waals surface area contributed by atoms with E-state index in [-0.39, 0.29) is 6.42 Å². The summed E-state index contributed by atoms with van der Waals surface area (Å²) in [6.07, 6.45) is 7.70. The van der Waals surface area contributed by atoms with Gasteiger partial charge in [-0.1, -0.05) is 19.3 Å². The van der Waals surface area contributed by atoms with Crippen LogP contribution in [0.15, 0.2) is 6.20 Å². The summed E-state index contributed by atoms with van der Waals surface area (Å²) >= 11 is 0. The molecule has 0 saturated heterocycles. The van der Waals surface area contributed by atoms with Gasteiger partial charge in [-0.25, -0.2) is 9.97 Å². The predicted octanol–water partition coefficient (Wildman–Crippen LogP) is 2.46. The lowest BCUT2D eigenvalue weighted by atomic mass is 9.85. The van der Waals surface area contributed by atoms with Gasteiger partial charge in [0, 0.05) is 17.7 Å². The van der Waals surface area contributed by atoms with E-state index in [1.165, 1.54) is 19.3 Å². The quantitative estimate of drug-likeness (QED) is 0.872. The van der Waals surface area contributed by atoms with Crippen molar-refractivity contribution in [2.45, 2.75) is 51.4 Å². The molecule has 4 nitrogen and oxygen atoms in total. The molecule has 1 aliphatic carbocycles. The molecule has 1 aromatic rings. The van der Waals surface area contributed by atoms with Crippen molar-refractivity contribution < 1.29 is 9.90 Å². The van der Waals surface area contributed by atoms with E-state index in [0.29, 0.717) is 5.92 Å². The molecule has 1 aromatic heterocycles. The third kappa shape index (κ3) is 3.02. The van der Waals surface area contributed by atoms with Gasteiger partial charge in [-0.2, -0.15) is 0 Å². The molecule has 1 aliphatic rings. The smallest absolute Gasteiger partial charge is 0.307 e. The van der Waals surface area contributed by atoms with Crippen LogP contribution in [0.1, 0.15) is 55.1 Å². The zero-order chi connectivity index (χ0) is 12.3. The Morgan fingerprint density at radius 1 is 1.41 bits per heavy atom. The lowest BCUT2D eigenvalue weighted by molar-refractivity contribution is -0.136. The summed E-state index contributed by atoms with van der Waals surface area (Å²) in [6, 6.07) is 0. The fourth-order valence-corrected chi connectivity index (χ4v) is 2.54. The van der Waals surface area contributed by atoms with Gasteiger partial charge in [0.15, 0.2) is 0 Å². The topological polar surface area (TPSA) is 63.1 Å². The molecule has 1 N–H and O–H groups in total. The Morgan fingerprint density at radius 2 is 2.12 bits per heavy atom. The van der Waals surface area contributed by atoms with Gasteiger partial charge in [0.1, 0.15) is 5.82 Å². The van der Waals surface area contributed by atoms with E-state index in [1.807, 2.05) is 6.92 Å². The first-order valence-electron chi connectivity index (χ1n) is 6.21. The number of rotatable bonds is 3. The standard InChI is InChI=1S/C13H18N2O2/c1-9-14-8-11(7-12(16)17)13(15-9)10-5-3-2-4-6-10/h8,10H,2-7H2,1H3,(H,16,17). The monoisotopic (exact) mass is 234 g/mol. The molecule has 1 saturated carbocycles. The minimum absolute atomic E-state index is 0.0338. The summed E-state index contributed by atoms with van der Waals surface area (Å²) in [4.78, 5) is 19.4. The largest absolute Gasteiger partial charge is 0.481 e. The lowest BCUT2D eigenvalue weighted by Gasteiger charge is -2.23. The maximum atomic E-state index is 10.8. The number of carboxylic acids is 1. The average Bonchev–Trinajstić information content (AvgIpc) is 2.32. The van der Waals surface area contributed by atoms with E-state index in [1.54, 1.807) is 6.20 Å². The highest BCUT2D eigenvalue weighted by molar-refractivity contribution is 5.70. The highest BCUT2D eigenvalue weighted by Crippen LogP contribution is 2.33. The molecule has 1 fully saturated rings. The molecule has 0 bridgehead atoms. The van der Waals surface area contributed by atoms with Crippen LogP contribution in [0.2, 0.25) is 0 Å². The lowest BCUT2D eigenvalue weighted by Crippen LogP contribution is -2.13. The fourth-order valence-electron chi connectivity index (χ4n) is 2.54. The molecule has 0 aliphatic heterocycles. The van der Waals surface area contributed by atoms with Crippen molar-refractivity contribution in [3.05, 3.63) is 23.3 Å². The van der Waals surface area contributed by atoms with Gasteiger partial charge in [-0.15, -0.1) is 0 Å². The summed E-state index contributed by atoms with van der Waals surface area (Å²) in [7, 11) is 0. The molecule has 0 amide bonds. The Bertz CT molecular complexity index is 412. The van der Waals surface area contributed by atoms with Crippen molar-refractivity contribution in [1.82, 2.24) is 9.97 Å². The van der Waals surface area contributed by atoms with Crippen LogP contribution >= 0.6 is 0 Å². The van der Waals surface area contributed by atoms with Gasteiger partial charge in [-0.05, 0) is 19.8 Å². The fraction of sp³-hybridized carbons (Fsp3) is 0.615. The highest BCUT2D eigenvalue weighted by Gasteiger charge is 2.21. The molecule has 0 unspecified atom stereocenters. The van der Waals surface area contributed by atoms with Gasteiger partial charge < -0.3 is 5.11 Å². The second kappa shape index (κ2) is 5.25. The minimum atomic E-state index is -0.811. The van der Waals surface area contributed by atoms with Crippen molar-refractivity contribution in [2.75, 3.05) is 0 Å². The van der Waals surface area contributed by atoms with E-state index in [4.69, 9.17) is 5.11 Å². The first-order valence-corrected chi connectivity index (χ1v) is 6.21. The third-order valence-corrected chi connectivity index (χ3v) is 3.35. The van der Waals surface area contributed by atoms with E-state index in [2.05, 4.69) is 9.97 Å². The number of aromatic nitrogens is 2. The molecule has 2 rings (SSSR count). The van der Waals surface area contributed by atoms with Gasteiger partial charge >= 0.3 is 5.97 Å². The number of nitrogens with zero attached hydrogens (tertiary/aromatic N) is 2. The van der Waals surface area contributed by atoms with Crippen LogP contribution in [-0.4, -0.2) is 21.0 Å². The van der Waals surface area contributed by atoms with Crippen LogP contribution in [0.4, 0.5) is 0 Å². The number of aryl methyl sites for hydroxylation is 1. The maximum Gasteiger partial charge on any atom is 0.307 e. The Hall–Kier alpha value is -1.45. The summed E-state index contributed by atoms with van der Waals surface area (Å²) in [5, 5.41) is 8.90.